The van der Waals surface area contributed by atoms with Gasteiger partial charge in [0.15, 0.2) is 0 Å². The van der Waals surface area contributed by atoms with Crippen LogP contribution in [0.25, 0.3) is 0 Å². The molecule has 0 spiro atoms. The van der Waals surface area contributed by atoms with Crippen LogP contribution in [0.5, 0.6) is 0 Å². The molecule has 0 fully saturated rings. The summed E-state index contributed by atoms with van der Waals surface area (Å²) in [5, 5.41) is 22.3. The highest BCUT2D eigenvalue weighted by Gasteiger charge is 2.13. The van der Waals surface area contributed by atoms with Gasteiger partial charge < -0.3 is 10.4 Å². The number of rotatable bonds is 6. The SMILES string of the molecule is O=C(O)CCNCc1ccc(Cl)cc1[N+](=O)[O-]. The van der Waals surface area contributed by atoms with E-state index >= 15 is 0 Å². The first-order chi connectivity index (χ1) is 8.00. The first-order valence-corrected chi connectivity index (χ1v) is 5.24. The van der Waals surface area contributed by atoms with Crippen molar-refractivity contribution in [2.75, 3.05) is 6.54 Å². The molecule has 0 aromatic heterocycles. The molecule has 0 aliphatic carbocycles. The molecular formula is C10H11ClN2O4. The quantitative estimate of drug-likeness (QED) is 0.461. The van der Waals surface area contributed by atoms with Gasteiger partial charge in [-0.25, -0.2) is 0 Å². The summed E-state index contributed by atoms with van der Waals surface area (Å²) in [6.07, 6.45) is -0.0264. The summed E-state index contributed by atoms with van der Waals surface area (Å²) in [7, 11) is 0. The summed E-state index contributed by atoms with van der Waals surface area (Å²) in [6, 6.07) is 4.38. The van der Waals surface area contributed by atoms with E-state index < -0.39 is 10.9 Å². The van der Waals surface area contributed by atoms with Gasteiger partial charge in [0, 0.05) is 29.7 Å². The van der Waals surface area contributed by atoms with Crippen molar-refractivity contribution in [1.82, 2.24) is 5.32 Å². The molecule has 1 aromatic carbocycles. The zero-order valence-electron chi connectivity index (χ0n) is 8.85. The number of hydrogen-bond acceptors (Lipinski definition) is 4. The summed E-state index contributed by atoms with van der Waals surface area (Å²) < 4.78 is 0. The highest BCUT2D eigenvalue weighted by molar-refractivity contribution is 6.30. The molecular weight excluding hydrogens is 248 g/mol. The second kappa shape index (κ2) is 6.17. The zero-order chi connectivity index (χ0) is 12.8. The maximum Gasteiger partial charge on any atom is 0.304 e. The Kier molecular flexibility index (Phi) is 4.86. The van der Waals surface area contributed by atoms with Crippen LogP contribution < -0.4 is 5.32 Å². The molecule has 0 atom stereocenters. The summed E-state index contributed by atoms with van der Waals surface area (Å²) >= 11 is 5.66. The highest BCUT2D eigenvalue weighted by Crippen LogP contribution is 2.22. The van der Waals surface area contributed by atoms with Gasteiger partial charge in [0.25, 0.3) is 5.69 Å². The molecule has 6 nitrogen and oxygen atoms in total. The lowest BCUT2D eigenvalue weighted by Crippen LogP contribution is -2.18. The van der Waals surface area contributed by atoms with Gasteiger partial charge in [-0.15, -0.1) is 0 Å². The van der Waals surface area contributed by atoms with E-state index in [2.05, 4.69) is 5.32 Å². The molecule has 0 saturated carbocycles. The fourth-order valence-electron chi connectivity index (χ4n) is 1.27. The van der Waals surface area contributed by atoms with E-state index in [-0.39, 0.29) is 25.2 Å². The van der Waals surface area contributed by atoms with Crippen LogP contribution in [0.4, 0.5) is 5.69 Å². The van der Waals surface area contributed by atoms with Crippen LogP contribution in [0.3, 0.4) is 0 Å². The van der Waals surface area contributed by atoms with Crippen molar-refractivity contribution >= 4 is 23.3 Å². The van der Waals surface area contributed by atoms with Crippen molar-refractivity contribution in [2.24, 2.45) is 0 Å². The molecule has 17 heavy (non-hydrogen) atoms. The maximum atomic E-state index is 10.7. The Morgan fingerprint density at radius 3 is 2.82 bits per heavy atom. The second-order valence-electron chi connectivity index (χ2n) is 3.35. The smallest absolute Gasteiger partial charge is 0.304 e. The number of carbonyl (C=O) groups is 1. The molecule has 0 bridgehead atoms. The molecule has 92 valence electrons. The van der Waals surface area contributed by atoms with Crippen LogP contribution in [-0.2, 0) is 11.3 Å². The molecule has 0 heterocycles. The second-order valence-corrected chi connectivity index (χ2v) is 3.79. The molecule has 0 saturated heterocycles. The van der Waals surface area contributed by atoms with E-state index in [1.165, 1.54) is 6.07 Å². The van der Waals surface area contributed by atoms with Crippen LogP contribution in [0.2, 0.25) is 5.02 Å². The number of aliphatic carboxylic acids is 1. The average Bonchev–Trinajstić information content (AvgIpc) is 2.25. The molecule has 0 unspecified atom stereocenters. The van der Waals surface area contributed by atoms with Gasteiger partial charge in [-0.2, -0.15) is 0 Å². The van der Waals surface area contributed by atoms with Crippen LogP contribution >= 0.6 is 11.6 Å². The van der Waals surface area contributed by atoms with Crippen molar-refractivity contribution in [3.05, 3.63) is 38.9 Å². The van der Waals surface area contributed by atoms with Gasteiger partial charge in [0.05, 0.1) is 11.3 Å². The Morgan fingerprint density at radius 2 is 2.24 bits per heavy atom. The van der Waals surface area contributed by atoms with Crippen molar-refractivity contribution in [3.8, 4) is 0 Å². The van der Waals surface area contributed by atoms with Gasteiger partial charge in [0.1, 0.15) is 0 Å². The Hall–Kier alpha value is -1.66. The number of nitrogens with one attached hydrogen (secondary N) is 1. The summed E-state index contributed by atoms with van der Waals surface area (Å²) in [4.78, 5) is 20.5. The topological polar surface area (TPSA) is 92.5 Å². The maximum absolute atomic E-state index is 10.7. The Bertz CT molecular complexity index is 436. The lowest BCUT2D eigenvalue weighted by atomic mass is 10.2. The lowest BCUT2D eigenvalue weighted by molar-refractivity contribution is -0.385. The molecule has 0 aliphatic rings. The Morgan fingerprint density at radius 1 is 1.53 bits per heavy atom. The fraction of sp³-hybridized carbons (Fsp3) is 0.300. The monoisotopic (exact) mass is 258 g/mol. The first kappa shape index (κ1) is 13.4. The summed E-state index contributed by atoms with van der Waals surface area (Å²) in [5.41, 5.74) is 0.408. The van der Waals surface area contributed by atoms with Gasteiger partial charge in [-0.1, -0.05) is 11.6 Å². The van der Waals surface area contributed by atoms with Crippen LogP contribution in [0.1, 0.15) is 12.0 Å². The van der Waals surface area contributed by atoms with Crippen LogP contribution in [0, 0.1) is 10.1 Å². The van der Waals surface area contributed by atoms with Gasteiger partial charge in [-0.05, 0) is 12.1 Å². The third-order valence-electron chi connectivity index (χ3n) is 2.08. The van der Waals surface area contributed by atoms with E-state index in [4.69, 9.17) is 16.7 Å². The molecule has 0 aliphatic heterocycles. The standard InChI is InChI=1S/C10H11ClN2O4/c11-8-2-1-7(9(5-8)13(16)17)6-12-4-3-10(14)15/h1-2,5,12H,3-4,6H2,(H,14,15). The first-order valence-electron chi connectivity index (χ1n) is 4.86. The zero-order valence-corrected chi connectivity index (χ0v) is 9.61. The van der Waals surface area contributed by atoms with Gasteiger partial charge in [0.2, 0.25) is 0 Å². The van der Waals surface area contributed by atoms with E-state index in [1.54, 1.807) is 12.1 Å². The molecule has 0 amide bonds. The van der Waals surface area contributed by atoms with Crippen molar-refractivity contribution in [3.63, 3.8) is 0 Å². The lowest BCUT2D eigenvalue weighted by Gasteiger charge is -2.04. The minimum absolute atomic E-state index is 0.0264. The molecule has 2 N–H and O–H groups in total. The fourth-order valence-corrected chi connectivity index (χ4v) is 1.44. The predicted octanol–water partition coefficient (Wildman–Crippen LogP) is 1.81. The number of carboxylic acids is 1. The predicted molar refractivity (Wildman–Crippen MR) is 62.1 cm³/mol. The van der Waals surface area contributed by atoms with E-state index in [9.17, 15) is 14.9 Å². The molecule has 0 radical (unpaired) electrons. The highest BCUT2D eigenvalue weighted by atomic mass is 35.5. The number of benzene rings is 1. The Labute approximate surface area is 102 Å². The average molecular weight is 259 g/mol. The number of carboxylic acid groups (broad SMARTS) is 1. The number of nitrogens with zero attached hydrogens (tertiary/aromatic N) is 1. The summed E-state index contributed by atoms with van der Waals surface area (Å²) in [5.74, 6) is -0.914. The van der Waals surface area contributed by atoms with E-state index in [1.807, 2.05) is 0 Å². The van der Waals surface area contributed by atoms with Crippen molar-refractivity contribution in [2.45, 2.75) is 13.0 Å². The molecule has 1 aromatic rings. The number of hydrogen-bond donors (Lipinski definition) is 2. The van der Waals surface area contributed by atoms with E-state index in [0.717, 1.165) is 0 Å². The number of nitro benzene ring substituents is 1. The molecule has 7 heteroatoms. The minimum atomic E-state index is -0.914. The van der Waals surface area contributed by atoms with Crippen LogP contribution in [-0.4, -0.2) is 22.5 Å². The van der Waals surface area contributed by atoms with Gasteiger partial charge in [-0.3, -0.25) is 14.9 Å². The van der Waals surface area contributed by atoms with Crippen molar-refractivity contribution < 1.29 is 14.8 Å². The van der Waals surface area contributed by atoms with Crippen molar-refractivity contribution in [1.29, 1.82) is 0 Å². The normalized spacial score (nSPS) is 10.2. The summed E-state index contributed by atoms with van der Waals surface area (Å²) in [6.45, 7) is 0.496. The van der Waals surface area contributed by atoms with Gasteiger partial charge >= 0.3 is 5.97 Å². The molecule has 1 rings (SSSR count). The largest absolute Gasteiger partial charge is 0.481 e. The number of halogens is 1. The van der Waals surface area contributed by atoms with Crippen LogP contribution in [0.15, 0.2) is 18.2 Å². The minimum Gasteiger partial charge on any atom is -0.481 e. The third kappa shape index (κ3) is 4.38. The van der Waals surface area contributed by atoms with E-state index in [0.29, 0.717) is 10.6 Å². The number of nitro groups is 1. The Balaban J connectivity index is 2.64. The third-order valence-corrected chi connectivity index (χ3v) is 2.31.